The van der Waals surface area contributed by atoms with Crippen molar-refractivity contribution in [3.05, 3.63) is 92.9 Å². The van der Waals surface area contributed by atoms with Crippen molar-refractivity contribution in [1.29, 1.82) is 0 Å². The smallest absolute Gasteiger partial charge is 0.335 e. The Hall–Kier alpha value is -4.90. The summed E-state index contributed by atoms with van der Waals surface area (Å²) < 4.78 is 1.34. The average molecular weight is 479 g/mol. The molecular formula is C28H22N4O4. The Bertz CT molecular complexity index is 1650. The van der Waals surface area contributed by atoms with Crippen LogP contribution in [0.15, 0.2) is 69.6 Å². The predicted octanol–water partition coefficient (Wildman–Crippen LogP) is 5.43. The number of hydrogen-bond acceptors (Lipinski definition) is 5. The van der Waals surface area contributed by atoms with Gasteiger partial charge < -0.3 is 10.2 Å². The molecule has 8 heteroatoms. The third-order valence-electron chi connectivity index (χ3n) is 6.32. The van der Waals surface area contributed by atoms with Gasteiger partial charge in [0.05, 0.1) is 16.9 Å². The minimum absolute atomic E-state index is 0.0998. The zero-order chi connectivity index (χ0) is 25.4. The predicted molar refractivity (Wildman–Crippen MR) is 136 cm³/mol. The minimum Gasteiger partial charge on any atom is -0.505 e. The molecule has 0 aliphatic heterocycles. The molecule has 1 aromatic heterocycles. The molecule has 0 radical (unpaired) electrons. The number of aromatic amines is 1. The first kappa shape index (κ1) is 22.9. The molecular weight excluding hydrogens is 456 g/mol. The number of benzene rings is 3. The molecule has 1 heterocycles. The van der Waals surface area contributed by atoms with Gasteiger partial charge in [-0.05, 0) is 79.3 Å². The van der Waals surface area contributed by atoms with E-state index in [0.29, 0.717) is 28.1 Å². The van der Waals surface area contributed by atoms with Crippen LogP contribution in [0.3, 0.4) is 0 Å². The van der Waals surface area contributed by atoms with Crippen LogP contribution < -0.4 is 5.56 Å². The first-order valence-corrected chi connectivity index (χ1v) is 11.4. The Morgan fingerprint density at radius 3 is 2.69 bits per heavy atom. The summed E-state index contributed by atoms with van der Waals surface area (Å²) in [5.41, 5.74) is 4.90. The molecule has 8 nitrogen and oxygen atoms in total. The number of nitrogens with zero attached hydrogens (tertiary/aromatic N) is 3. The number of rotatable bonds is 5. The van der Waals surface area contributed by atoms with Gasteiger partial charge in [-0.2, -0.15) is 0 Å². The van der Waals surface area contributed by atoms with Gasteiger partial charge in [-0.1, -0.05) is 24.1 Å². The zero-order valence-electron chi connectivity index (χ0n) is 19.4. The van der Waals surface area contributed by atoms with Crippen LogP contribution in [0.4, 0.5) is 11.4 Å². The average Bonchev–Trinajstić information content (AvgIpc) is 3.46. The quantitative estimate of drug-likeness (QED) is 0.262. The SMILES string of the molecule is C#Cc1cccc(-n2[nH]c(C)c(N=Nc3cc4c(c(-c5cccc(C(=O)O)c5)c3O)CCC4)c2=O)c1. The lowest BCUT2D eigenvalue weighted by Gasteiger charge is -2.14. The third kappa shape index (κ3) is 3.97. The first-order valence-electron chi connectivity index (χ1n) is 11.4. The standard InChI is InChI=1S/C28H22N4O4/c1-3-17-7-4-11-21(13-17)32-27(34)25(16(2)31-32)30-29-23-15-18-8-6-12-22(18)24(26(23)33)19-9-5-10-20(14-19)28(35)36/h1,4-5,7,9-11,13-15,31,33H,6,8,12H2,2H3,(H,35,36). The van der Waals surface area contributed by atoms with E-state index < -0.39 is 11.5 Å². The van der Waals surface area contributed by atoms with Gasteiger partial charge in [0.15, 0.2) is 11.4 Å². The van der Waals surface area contributed by atoms with E-state index in [0.717, 1.165) is 30.4 Å². The van der Waals surface area contributed by atoms with E-state index in [9.17, 15) is 19.8 Å². The maximum Gasteiger partial charge on any atom is 0.335 e. The number of fused-ring (bicyclic) bond motifs is 1. The Labute approximate surface area is 206 Å². The summed E-state index contributed by atoms with van der Waals surface area (Å²) in [5, 5.41) is 32.0. The fourth-order valence-electron chi connectivity index (χ4n) is 4.59. The van der Waals surface area contributed by atoms with Crippen molar-refractivity contribution in [2.45, 2.75) is 26.2 Å². The second-order valence-corrected chi connectivity index (χ2v) is 8.62. The number of H-pyrrole nitrogens is 1. The number of carbonyl (C=O) groups is 1. The number of phenols is 1. The maximum absolute atomic E-state index is 13.1. The molecule has 4 aromatic rings. The number of aromatic nitrogens is 2. The zero-order valence-corrected chi connectivity index (χ0v) is 19.4. The van der Waals surface area contributed by atoms with Gasteiger partial charge in [-0.15, -0.1) is 16.7 Å². The second-order valence-electron chi connectivity index (χ2n) is 8.62. The molecule has 3 N–H and O–H groups in total. The van der Waals surface area contributed by atoms with E-state index in [1.165, 1.54) is 16.8 Å². The van der Waals surface area contributed by atoms with Crippen LogP contribution in [-0.2, 0) is 12.8 Å². The Morgan fingerprint density at radius 2 is 1.92 bits per heavy atom. The summed E-state index contributed by atoms with van der Waals surface area (Å²) in [4.78, 5) is 24.6. The van der Waals surface area contributed by atoms with Crippen LogP contribution in [0.2, 0.25) is 0 Å². The van der Waals surface area contributed by atoms with Crippen molar-refractivity contribution in [3.8, 4) is 34.9 Å². The number of carboxylic acid groups (broad SMARTS) is 1. The van der Waals surface area contributed by atoms with Gasteiger partial charge >= 0.3 is 5.97 Å². The van der Waals surface area contributed by atoms with Crippen LogP contribution in [0.1, 0.15) is 39.2 Å². The van der Waals surface area contributed by atoms with Gasteiger partial charge in [-0.25, -0.2) is 9.48 Å². The van der Waals surface area contributed by atoms with Crippen molar-refractivity contribution in [1.82, 2.24) is 9.78 Å². The minimum atomic E-state index is -1.05. The number of aromatic carboxylic acids is 1. The van der Waals surface area contributed by atoms with Crippen molar-refractivity contribution in [2.75, 3.05) is 0 Å². The molecule has 0 spiro atoms. The van der Waals surface area contributed by atoms with Crippen LogP contribution in [-0.4, -0.2) is 26.0 Å². The number of terminal acetylenes is 1. The maximum atomic E-state index is 13.1. The van der Waals surface area contributed by atoms with Crippen LogP contribution in [0, 0.1) is 19.3 Å². The van der Waals surface area contributed by atoms with Crippen molar-refractivity contribution in [2.24, 2.45) is 10.2 Å². The van der Waals surface area contributed by atoms with E-state index in [1.54, 1.807) is 49.4 Å². The van der Waals surface area contributed by atoms with Crippen LogP contribution in [0.5, 0.6) is 5.75 Å². The Balaban J connectivity index is 1.59. The first-order chi connectivity index (χ1) is 17.4. The summed E-state index contributed by atoms with van der Waals surface area (Å²) in [6.45, 7) is 1.71. The lowest BCUT2D eigenvalue weighted by Crippen LogP contribution is -2.14. The van der Waals surface area contributed by atoms with E-state index in [-0.39, 0.29) is 22.7 Å². The lowest BCUT2D eigenvalue weighted by atomic mass is 9.94. The highest BCUT2D eigenvalue weighted by atomic mass is 16.4. The van der Waals surface area contributed by atoms with E-state index in [4.69, 9.17) is 6.42 Å². The van der Waals surface area contributed by atoms with Crippen LogP contribution >= 0.6 is 0 Å². The molecule has 0 fully saturated rings. The highest BCUT2D eigenvalue weighted by molar-refractivity contribution is 5.91. The van der Waals surface area contributed by atoms with Crippen molar-refractivity contribution >= 4 is 17.3 Å². The highest BCUT2D eigenvalue weighted by Gasteiger charge is 2.23. The third-order valence-corrected chi connectivity index (χ3v) is 6.32. The lowest BCUT2D eigenvalue weighted by molar-refractivity contribution is 0.0697. The molecule has 0 saturated carbocycles. The Kier molecular flexibility index (Phi) is 5.74. The van der Waals surface area contributed by atoms with Crippen molar-refractivity contribution < 1.29 is 15.0 Å². The molecule has 0 atom stereocenters. The molecule has 0 unspecified atom stereocenters. The van der Waals surface area contributed by atoms with Gasteiger partial charge in [0.2, 0.25) is 0 Å². The molecule has 0 amide bonds. The number of nitrogens with one attached hydrogen (secondary N) is 1. The molecule has 178 valence electrons. The van der Waals surface area contributed by atoms with Gasteiger partial charge in [-0.3, -0.25) is 9.89 Å². The normalized spacial score (nSPS) is 12.6. The molecule has 0 bridgehead atoms. The number of aromatic hydroxyl groups is 1. The molecule has 36 heavy (non-hydrogen) atoms. The Morgan fingerprint density at radius 1 is 1.11 bits per heavy atom. The summed E-state index contributed by atoms with van der Waals surface area (Å²) >= 11 is 0. The largest absolute Gasteiger partial charge is 0.505 e. The summed E-state index contributed by atoms with van der Waals surface area (Å²) in [5.74, 6) is 1.40. The number of aryl methyl sites for hydroxylation is 2. The van der Waals surface area contributed by atoms with Crippen molar-refractivity contribution in [3.63, 3.8) is 0 Å². The fraction of sp³-hybridized carbons (Fsp3) is 0.143. The van der Waals surface area contributed by atoms with E-state index in [1.807, 2.05) is 0 Å². The fourth-order valence-corrected chi connectivity index (χ4v) is 4.59. The number of azo groups is 1. The van der Waals surface area contributed by atoms with E-state index >= 15 is 0 Å². The number of hydrogen-bond donors (Lipinski definition) is 3. The van der Waals surface area contributed by atoms with E-state index in [2.05, 4.69) is 21.2 Å². The van der Waals surface area contributed by atoms with Gasteiger partial charge in [0, 0.05) is 11.1 Å². The van der Waals surface area contributed by atoms with Gasteiger partial charge in [0.1, 0.15) is 5.69 Å². The highest BCUT2D eigenvalue weighted by Crippen LogP contribution is 2.45. The summed E-state index contributed by atoms with van der Waals surface area (Å²) in [6, 6.07) is 15.2. The summed E-state index contributed by atoms with van der Waals surface area (Å²) in [6.07, 6.45) is 7.97. The molecule has 1 aliphatic rings. The number of phenolic OH excluding ortho intramolecular Hbond substituents is 1. The van der Waals surface area contributed by atoms with Crippen LogP contribution in [0.25, 0.3) is 16.8 Å². The molecule has 0 saturated heterocycles. The van der Waals surface area contributed by atoms with Gasteiger partial charge in [0.25, 0.3) is 5.56 Å². The molecule has 5 rings (SSSR count). The summed E-state index contributed by atoms with van der Waals surface area (Å²) in [7, 11) is 0. The second kappa shape index (κ2) is 9.04. The topological polar surface area (TPSA) is 120 Å². The monoisotopic (exact) mass is 478 g/mol. The molecule has 1 aliphatic carbocycles. The molecule has 3 aromatic carbocycles. The number of carboxylic acids is 1.